The van der Waals surface area contributed by atoms with Gasteiger partial charge in [-0.25, -0.2) is 0 Å². The van der Waals surface area contributed by atoms with Crippen molar-refractivity contribution in [3.8, 4) is 11.6 Å². The minimum absolute atomic E-state index is 0.484. The summed E-state index contributed by atoms with van der Waals surface area (Å²) in [4.78, 5) is 4.29. The van der Waals surface area contributed by atoms with E-state index in [2.05, 4.69) is 10.1 Å². The van der Waals surface area contributed by atoms with E-state index in [1.807, 2.05) is 30.3 Å². The van der Waals surface area contributed by atoms with Crippen LogP contribution in [0.15, 0.2) is 39.3 Å². The van der Waals surface area contributed by atoms with Crippen molar-refractivity contribution in [2.75, 3.05) is 6.54 Å². The van der Waals surface area contributed by atoms with Crippen LogP contribution in [0.3, 0.4) is 0 Å². The molecule has 0 aliphatic heterocycles. The Morgan fingerprint density at radius 3 is 2.94 bits per heavy atom. The van der Waals surface area contributed by atoms with Crippen molar-refractivity contribution in [2.45, 2.75) is 12.8 Å². The van der Waals surface area contributed by atoms with Crippen LogP contribution in [0.4, 0.5) is 0 Å². The van der Waals surface area contributed by atoms with Crippen molar-refractivity contribution in [3.05, 3.63) is 36.2 Å². The van der Waals surface area contributed by atoms with Crippen molar-refractivity contribution in [1.29, 1.82) is 0 Å². The molecule has 0 radical (unpaired) electrons. The summed E-state index contributed by atoms with van der Waals surface area (Å²) >= 11 is 0. The molecule has 3 aromatic rings. The number of furan rings is 1. The Morgan fingerprint density at radius 1 is 1.22 bits per heavy atom. The zero-order chi connectivity index (χ0) is 12.4. The Kier molecular flexibility index (Phi) is 2.82. The molecule has 3 rings (SSSR count). The average Bonchev–Trinajstić information content (AvgIpc) is 3.02. The second-order valence-corrected chi connectivity index (χ2v) is 4.05. The molecule has 5 nitrogen and oxygen atoms in total. The molecular weight excluding hydrogens is 230 g/mol. The molecule has 0 saturated carbocycles. The third kappa shape index (κ3) is 2.00. The van der Waals surface area contributed by atoms with E-state index >= 15 is 0 Å². The number of aromatic nitrogens is 2. The van der Waals surface area contributed by atoms with Crippen molar-refractivity contribution < 1.29 is 8.94 Å². The van der Waals surface area contributed by atoms with Crippen LogP contribution in [0.25, 0.3) is 22.6 Å². The lowest BCUT2D eigenvalue weighted by atomic mass is 10.2. The first kappa shape index (κ1) is 11.0. The Balaban J connectivity index is 1.91. The van der Waals surface area contributed by atoms with Crippen molar-refractivity contribution >= 4 is 11.0 Å². The summed E-state index contributed by atoms with van der Waals surface area (Å²) in [5, 5.41) is 4.94. The lowest BCUT2D eigenvalue weighted by Crippen LogP contribution is -2.00. The average molecular weight is 243 g/mol. The fourth-order valence-corrected chi connectivity index (χ4v) is 1.80. The Morgan fingerprint density at radius 2 is 2.11 bits per heavy atom. The van der Waals surface area contributed by atoms with Crippen molar-refractivity contribution in [1.82, 2.24) is 10.1 Å². The second kappa shape index (κ2) is 4.62. The van der Waals surface area contributed by atoms with E-state index in [4.69, 9.17) is 14.7 Å². The van der Waals surface area contributed by atoms with Gasteiger partial charge in [-0.2, -0.15) is 4.98 Å². The number of hydrogen-bond donors (Lipinski definition) is 1. The molecule has 0 aliphatic rings. The van der Waals surface area contributed by atoms with Crippen LogP contribution >= 0.6 is 0 Å². The predicted molar refractivity (Wildman–Crippen MR) is 66.9 cm³/mol. The number of nitrogens with zero attached hydrogens (tertiary/aromatic N) is 2. The number of fused-ring (bicyclic) bond motifs is 1. The third-order valence-electron chi connectivity index (χ3n) is 2.71. The lowest BCUT2D eigenvalue weighted by Gasteiger charge is -1.88. The number of hydrogen-bond acceptors (Lipinski definition) is 5. The Hall–Kier alpha value is -2.14. The Labute approximate surface area is 104 Å². The number of aryl methyl sites for hydroxylation is 1. The highest BCUT2D eigenvalue weighted by molar-refractivity contribution is 5.81. The topological polar surface area (TPSA) is 78.1 Å². The largest absolute Gasteiger partial charge is 0.453 e. The highest BCUT2D eigenvalue weighted by atomic mass is 16.5. The van der Waals surface area contributed by atoms with Crippen LogP contribution in [0.5, 0.6) is 0 Å². The number of para-hydroxylation sites is 1. The summed E-state index contributed by atoms with van der Waals surface area (Å²) in [6.07, 6.45) is 1.53. The molecule has 0 atom stereocenters. The van der Waals surface area contributed by atoms with Crippen LogP contribution < -0.4 is 5.73 Å². The third-order valence-corrected chi connectivity index (χ3v) is 2.71. The second-order valence-electron chi connectivity index (χ2n) is 4.05. The molecule has 2 N–H and O–H groups in total. The van der Waals surface area contributed by atoms with Gasteiger partial charge in [-0.15, -0.1) is 0 Å². The van der Waals surface area contributed by atoms with Gasteiger partial charge >= 0.3 is 0 Å². The zero-order valence-electron chi connectivity index (χ0n) is 9.80. The highest BCUT2D eigenvalue weighted by Crippen LogP contribution is 2.25. The SMILES string of the molecule is NCCCc1nc(-c2cc3ccccc3o2)no1. The van der Waals surface area contributed by atoms with E-state index in [0.29, 0.717) is 30.4 Å². The van der Waals surface area contributed by atoms with Gasteiger partial charge < -0.3 is 14.7 Å². The summed E-state index contributed by atoms with van der Waals surface area (Å²) in [5.41, 5.74) is 6.26. The first-order valence-corrected chi connectivity index (χ1v) is 5.88. The normalized spacial score (nSPS) is 11.2. The maximum atomic E-state index is 5.66. The molecule has 0 amide bonds. The van der Waals surface area contributed by atoms with Crippen LogP contribution in [0.2, 0.25) is 0 Å². The van der Waals surface area contributed by atoms with Gasteiger partial charge in [0.05, 0.1) is 0 Å². The molecule has 2 heterocycles. The number of benzene rings is 1. The molecule has 1 aromatic carbocycles. The molecule has 0 fully saturated rings. The van der Waals surface area contributed by atoms with E-state index in [1.165, 1.54) is 0 Å². The summed E-state index contributed by atoms with van der Waals surface area (Å²) in [5.74, 6) is 1.70. The maximum Gasteiger partial charge on any atom is 0.238 e. The first-order valence-electron chi connectivity index (χ1n) is 5.88. The highest BCUT2D eigenvalue weighted by Gasteiger charge is 2.12. The molecule has 0 bridgehead atoms. The van der Waals surface area contributed by atoms with E-state index in [-0.39, 0.29) is 0 Å². The molecule has 2 aromatic heterocycles. The van der Waals surface area contributed by atoms with Gasteiger partial charge in [0, 0.05) is 11.8 Å². The van der Waals surface area contributed by atoms with Gasteiger partial charge in [0.1, 0.15) is 5.58 Å². The fraction of sp³-hybridized carbons (Fsp3) is 0.231. The van der Waals surface area contributed by atoms with E-state index in [1.54, 1.807) is 0 Å². The smallest absolute Gasteiger partial charge is 0.238 e. The van der Waals surface area contributed by atoms with Gasteiger partial charge in [0.15, 0.2) is 5.76 Å². The van der Waals surface area contributed by atoms with Crippen LogP contribution in [0, 0.1) is 0 Å². The van der Waals surface area contributed by atoms with Gasteiger partial charge in [-0.05, 0) is 25.1 Å². The van der Waals surface area contributed by atoms with Gasteiger partial charge in [0.2, 0.25) is 11.7 Å². The summed E-state index contributed by atoms with van der Waals surface area (Å²) in [7, 11) is 0. The summed E-state index contributed by atoms with van der Waals surface area (Å²) in [6, 6.07) is 9.70. The molecule has 0 spiro atoms. The van der Waals surface area contributed by atoms with E-state index in [0.717, 1.165) is 17.4 Å². The predicted octanol–water partition coefficient (Wildman–Crippen LogP) is 2.37. The van der Waals surface area contributed by atoms with Crippen molar-refractivity contribution in [2.24, 2.45) is 5.73 Å². The molecule has 0 unspecified atom stereocenters. The van der Waals surface area contributed by atoms with Gasteiger partial charge in [-0.3, -0.25) is 0 Å². The minimum atomic E-state index is 0.484. The van der Waals surface area contributed by atoms with Gasteiger partial charge in [-0.1, -0.05) is 23.4 Å². The van der Waals surface area contributed by atoms with Crippen LogP contribution in [-0.4, -0.2) is 16.7 Å². The van der Waals surface area contributed by atoms with Gasteiger partial charge in [0.25, 0.3) is 0 Å². The van der Waals surface area contributed by atoms with Crippen LogP contribution in [0.1, 0.15) is 12.3 Å². The quantitative estimate of drug-likeness (QED) is 0.761. The fourth-order valence-electron chi connectivity index (χ4n) is 1.80. The molecular formula is C13H13N3O2. The van der Waals surface area contributed by atoms with E-state index < -0.39 is 0 Å². The molecule has 0 aliphatic carbocycles. The Bertz CT molecular complexity index is 624. The monoisotopic (exact) mass is 243 g/mol. The minimum Gasteiger partial charge on any atom is -0.453 e. The van der Waals surface area contributed by atoms with E-state index in [9.17, 15) is 0 Å². The molecule has 92 valence electrons. The molecule has 18 heavy (non-hydrogen) atoms. The maximum absolute atomic E-state index is 5.66. The first-order chi connectivity index (χ1) is 8.86. The lowest BCUT2D eigenvalue weighted by molar-refractivity contribution is 0.375. The summed E-state index contributed by atoms with van der Waals surface area (Å²) in [6.45, 7) is 0.613. The van der Waals surface area contributed by atoms with Crippen LogP contribution in [-0.2, 0) is 6.42 Å². The molecule has 5 heteroatoms. The summed E-state index contributed by atoms with van der Waals surface area (Å²) < 4.78 is 10.8. The molecule has 0 saturated heterocycles. The standard InChI is InChI=1S/C13H13N3O2/c14-7-3-6-12-15-13(16-18-12)11-8-9-4-1-2-5-10(9)17-11/h1-2,4-5,8H,3,6-7,14H2. The van der Waals surface area contributed by atoms with Crippen molar-refractivity contribution in [3.63, 3.8) is 0 Å². The zero-order valence-corrected chi connectivity index (χ0v) is 9.80. The number of nitrogens with two attached hydrogens (primary N) is 1. The number of rotatable bonds is 4.